The quantitative estimate of drug-likeness (QED) is 0.822. The Labute approximate surface area is 125 Å². The van der Waals surface area contributed by atoms with E-state index in [0.717, 1.165) is 19.3 Å². The van der Waals surface area contributed by atoms with Crippen molar-refractivity contribution in [2.75, 3.05) is 7.05 Å². The summed E-state index contributed by atoms with van der Waals surface area (Å²) in [5, 5.41) is 3.09. The van der Waals surface area contributed by atoms with Crippen LogP contribution in [0.25, 0.3) is 0 Å². The van der Waals surface area contributed by atoms with Crippen molar-refractivity contribution in [2.24, 2.45) is 0 Å². The van der Waals surface area contributed by atoms with Crippen molar-refractivity contribution in [2.45, 2.75) is 32.2 Å². The third kappa shape index (κ3) is 3.88. The molecule has 0 heterocycles. The highest BCUT2D eigenvalue weighted by molar-refractivity contribution is 5.28. The van der Waals surface area contributed by atoms with E-state index in [1.54, 1.807) is 26.1 Å². The molecule has 3 heteroatoms. The second-order valence-corrected chi connectivity index (χ2v) is 5.32. The maximum Gasteiger partial charge on any atom is 0.163 e. The number of hydrogen-bond donors (Lipinski definition) is 1. The molecular formula is C18H21F2N. The smallest absolute Gasteiger partial charge is 0.163 e. The molecule has 2 rings (SSSR count). The first kappa shape index (κ1) is 15.6. The molecule has 0 aliphatic carbocycles. The Bertz CT molecular complexity index is 581. The molecule has 21 heavy (non-hydrogen) atoms. The standard InChI is InChI=1S/C18H21F2N/c1-13-11-12-15(18(20)17(13)19)16(21-2)10-6-9-14-7-4-3-5-8-14/h3-5,7-8,11-12,16,21H,6,9-10H2,1-2H3. The zero-order valence-electron chi connectivity index (χ0n) is 12.5. The van der Waals surface area contributed by atoms with Gasteiger partial charge in [0.05, 0.1) is 0 Å². The van der Waals surface area contributed by atoms with Gasteiger partial charge in [0, 0.05) is 11.6 Å². The number of aryl methyl sites for hydroxylation is 2. The molecule has 0 fully saturated rings. The molecule has 1 nitrogen and oxygen atoms in total. The minimum atomic E-state index is -0.740. The normalized spacial score (nSPS) is 12.4. The fourth-order valence-electron chi connectivity index (χ4n) is 2.54. The highest BCUT2D eigenvalue weighted by atomic mass is 19.2. The SMILES string of the molecule is CNC(CCCc1ccccc1)c1ccc(C)c(F)c1F. The maximum absolute atomic E-state index is 14.0. The van der Waals surface area contributed by atoms with Crippen LogP contribution in [0.5, 0.6) is 0 Å². The molecule has 112 valence electrons. The summed E-state index contributed by atoms with van der Waals surface area (Å²) in [7, 11) is 1.78. The fraction of sp³-hybridized carbons (Fsp3) is 0.333. The van der Waals surface area contributed by atoms with Gasteiger partial charge in [-0.15, -0.1) is 0 Å². The van der Waals surface area contributed by atoms with E-state index in [4.69, 9.17) is 0 Å². The van der Waals surface area contributed by atoms with E-state index in [9.17, 15) is 8.78 Å². The Morgan fingerprint density at radius 3 is 2.38 bits per heavy atom. The molecular weight excluding hydrogens is 268 g/mol. The molecule has 1 unspecified atom stereocenters. The summed E-state index contributed by atoms with van der Waals surface area (Å²) >= 11 is 0. The largest absolute Gasteiger partial charge is 0.313 e. The van der Waals surface area contributed by atoms with Crippen LogP contribution in [0.4, 0.5) is 8.78 Å². The number of nitrogens with one attached hydrogen (secondary N) is 1. The van der Waals surface area contributed by atoms with Crippen LogP contribution in [-0.4, -0.2) is 7.05 Å². The molecule has 0 amide bonds. The van der Waals surface area contributed by atoms with Crippen LogP contribution >= 0.6 is 0 Å². The lowest BCUT2D eigenvalue weighted by Crippen LogP contribution is -2.18. The Kier molecular flexibility index (Phi) is 5.45. The van der Waals surface area contributed by atoms with Crippen molar-refractivity contribution in [3.05, 3.63) is 70.8 Å². The zero-order valence-corrected chi connectivity index (χ0v) is 12.5. The highest BCUT2D eigenvalue weighted by Gasteiger charge is 2.18. The molecule has 1 atom stereocenters. The van der Waals surface area contributed by atoms with Crippen LogP contribution in [0.15, 0.2) is 42.5 Å². The van der Waals surface area contributed by atoms with E-state index in [1.807, 2.05) is 18.2 Å². The molecule has 0 saturated heterocycles. The predicted octanol–water partition coefficient (Wildman–Crippen LogP) is 4.56. The second kappa shape index (κ2) is 7.32. The zero-order chi connectivity index (χ0) is 15.2. The lowest BCUT2D eigenvalue weighted by molar-refractivity contribution is 0.454. The van der Waals surface area contributed by atoms with E-state index < -0.39 is 11.6 Å². The average molecular weight is 289 g/mol. The number of hydrogen-bond acceptors (Lipinski definition) is 1. The Balaban J connectivity index is 2.02. The van der Waals surface area contributed by atoms with E-state index in [1.165, 1.54) is 5.56 Å². The Morgan fingerprint density at radius 1 is 1.00 bits per heavy atom. The van der Waals surface area contributed by atoms with Gasteiger partial charge >= 0.3 is 0 Å². The summed E-state index contributed by atoms with van der Waals surface area (Å²) in [5.41, 5.74) is 2.02. The van der Waals surface area contributed by atoms with Gasteiger partial charge in [-0.3, -0.25) is 0 Å². The van der Waals surface area contributed by atoms with Gasteiger partial charge in [-0.1, -0.05) is 42.5 Å². The average Bonchev–Trinajstić information content (AvgIpc) is 2.51. The first-order chi connectivity index (χ1) is 10.1. The molecule has 0 aliphatic heterocycles. The molecule has 0 radical (unpaired) electrons. The summed E-state index contributed by atoms with van der Waals surface area (Å²) in [4.78, 5) is 0. The highest BCUT2D eigenvalue weighted by Crippen LogP contribution is 2.25. The third-order valence-electron chi connectivity index (χ3n) is 3.83. The van der Waals surface area contributed by atoms with Crippen molar-refractivity contribution >= 4 is 0 Å². The van der Waals surface area contributed by atoms with Crippen LogP contribution in [-0.2, 0) is 6.42 Å². The van der Waals surface area contributed by atoms with Crippen LogP contribution in [0.2, 0.25) is 0 Å². The van der Waals surface area contributed by atoms with E-state index in [-0.39, 0.29) is 6.04 Å². The maximum atomic E-state index is 14.0. The third-order valence-corrected chi connectivity index (χ3v) is 3.83. The molecule has 0 spiro atoms. The summed E-state index contributed by atoms with van der Waals surface area (Å²) in [5.74, 6) is -1.47. The fourth-order valence-corrected chi connectivity index (χ4v) is 2.54. The predicted molar refractivity (Wildman–Crippen MR) is 82.3 cm³/mol. The van der Waals surface area contributed by atoms with Gasteiger partial charge in [0.25, 0.3) is 0 Å². The van der Waals surface area contributed by atoms with Crippen molar-refractivity contribution in [1.29, 1.82) is 0 Å². The van der Waals surface area contributed by atoms with Gasteiger partial charge in [0.1, 0.15) is 0 Å². The summed E-state index contributed by atoms with van der Waals surface area (Å²) in [6.45, 7) is 1.58. The minimum absolute atomic E-state index is 0.163. The van der Waals surface area contributed by atoms with Gasteiger partial charge in [0.2, 0.25) is 0 Å². The second-order valence-electron chi connectivity index (χ2n) is 5.32. The van der Waals surface area contributed by atoms with Crippen molar-refractivity contribution in [3.63, 3.8) is 0 Å². The Hall–Kier alpha value is -1.74. The molecule has 0 aromatic heterocycles. The minimum Gasteiger partial charge on any atom is -0.313 e. The monoisotopic (exact) mass is 289 g/mol. The molecule has 0 aliphatic rings. The van der Waals surface area contributed by atoms with Gasteiger partial charge < -0.3 is 5.32 Å². The van der Waals surface area contributed by atoms with Gasteiger partial charge in [-0.05, 0) is 44.4 Å². The van der Waals surface area contributed by atoms with E-state index >= 15 is 0 Å². The van der Waals surface area contributed by atoms with Crippen LogP contribution < -0.4 is 5.32 Å². The summed E-state index contributed by atoms with van der Waals surface area (Å²) < 4.78 is 27.7. The van der Waals surface area contributed by atoms with Gasteiger partial charge in [-0.2, -0.15) is 0 Å². The van der Waals surface area contributed by atoms with E-state index in [0.29, 0.717) is 11.1 Å². The van der Waals surface area contributed by atoms with Crippen molar-refractivity contribution in [3.8, 4) is 0 Å². The molecule has 0 saturated carbocycles. The first-order valence-corrected chi connectivity index (χ1v) is 7.29. The summed E-state index contributed by atoms with van der Waals surface area (Å²) in [6.07, 6.45) is 2.63. The van der Waals surface area contributed by atoms with Crippen LogP contribution in [0.1, 0.15) is 35.6 Å². The lowest BCUT2D eigenvalue weighted by Gasteiger charge is -2.18. The topological polar surface area (TPSA) is 12.0 Å². The molecule has 2 aromatic rings. The van der Waals surface area contributed by atoms with Gasteiger partial charge in [0.15, 0.2) is 11.6 Å². The number of halogens is 2. The van der Waals surface area contributed by atoms with Crippen LogP contribution in [0, 0.1) is 18.6 Å². The lowest BCUT2D eigenvalue weighted by atomic mass is 9.97. The molecule has 1 N–H and O–H groups in total. The number of benzene rings is 2. The van der Waals surface area contributed by atoms with Crippen LogP contribution in [0.3, 0.4) is 0 Å². The number of rotatable bonds is 6. The molecule has 2 aromatic carbocycles. The Morgan fingerprint density at radius 2 is 1.71 bits per heavy atom. The van der Waals surface area contributed by atoms with E-state index in [2.05, 4.69) is 17.4 Å². The first-order valence-electron chi connectivity index (χ1n) is 7.29. The summed E-state index contributed by atoms with van der Waals surface area (Å²) in [6, 6.07) is 13.3. The van der Waals surface area contributed by atoms with Crippen molar-refractivity contribution < 1.29 is 8.78 Å². The van der Waals surface area contributed by atoms with Gasteiger partial charge in [-0.25, -0.2) is 8.78 Å². The molecule has 0 bridgehead atoms. The van der Waals surface area contributed by atoms with Crippen molar-refractivity contribution in [1.82, 2.24) is 5.32 Å².